The van der Waals surface area contributed by atoms with Crippen molar-refractivity contribution in [2.45, 2.75) is 25.0 Å². The maximum absolute atomic E-state index is 9.21. The van der Waals surface area contributed by atoms with E-state index in [2.05, 4.69) is 22.2 Å². The van der Waals surface area contributed by atoms with Crippen molar-refractivity contribution in [3.63, 3.8) is 0 Å². The van der Waals surface area contributed by atoms with Crippen LogP contribution in [0.15, 0.2) is 12.3 Å². The van der Waals surface area contributed by atoms with Crippen LogP contribution in [-0.4, -0.2) is 29.6 Å². The van der Waals surface area contributed by atoms with Gasteiger partial charge in [-0.1, -0.05) is 0 Å². The second kappa shape index (κ2) is 5.42. The Bertz CT molecular complexity index is 431. The lowest BCUT2D eigenvalue weighted by molar-refractivity contribution is 0.586. The van der Waals surface area contributed by atoms with Crippen LogP contribution in [0.3, 0.4) is 0 Å². The summed E-state index contributed by atoms with van der Waals surface area (Å²) >= 11 is 1.94. The zero-order chi connectivity index (χ0) is 12.3. The van der Waals surface area contributed by atoms with E-state index in [1.54, 1.807) is 6.20 Å². The van der Waals surface area contributed by atoms with E-state index in [1.807, 2.05) is 24.8 Å². The van der Waals surface area contributed by atoms with Gasteiger partial charge >= 0.3 is 0 Å². The summed E-state index contributed by atoms with van der Waals surface area (Å²) in [5.74, 6) is 0.868. The van der Waals surface area contributed by atoms with Crippen molar-refractivity contribution < 1.29 is 0 Å². The molecule has 1 aliphatic heterocycles. The fourth-order valence-electron chi connectivity index (χ4n) is 2.23. The fraction of sp³-hybridized carbons (Fsp3) is 0.538. The van der Waals surface area contributed by atoms with Crippen LogP contribution in [0.1, 0.15) is 24.0 Å². The number of nitriles is 1. The van der Waals surface area contributed by atoms with Gasteiger partial charge in [0.25, 0.3) is 0 Å². The smallest absolute Gasteiger partial charge is 0.146 e. The number of aromatic nitrogens is 1. The van der Waals surface area contributed by atoms with E-state index in [0.29, 0.717) is 0 Å². The quantitative estimate of drug-likeness (QED) is 0.805. The molecule has 1 saturated heterocycles. The van der Waals surface area contributed by atoms with Gasteiger partial charge in [-0.15, -0.1) is 0 Å². The predicted octanol–water partition coefficient (Wildman–Crippen LogP) is 2.59. The minimum absolute atomic E-state index is 0.732. The van der Waals surface area contributed by atoms with Gasteiger partial charge in [0.15, 0.2) is 0 Å². The molecule has 0 aromatic carbocycles. The van der Waals surface area contributed by atoms with Crippen LogP contribution < -0.4 is 4.90 Å². The molecule has 0 amide bonds. The van der Waals surface area contributed by atoms with Crippen LogP contribution in [0.5, 0.6) is 0 Å². The molecule has 4 heteroatoms. The van der Waals surface area contributed by atoms with Crippen molar-refractivity contribution in [3.8, 4) is 6.07 Å². The minimum Gasteiger partial charge on any atom is -0.355 e. The molecule has 2 heterocycles. The molecule has 1 aliphatic rings. The Morgan fingerprint density at radius 1 is 1.47 bits per heavy atom. The van der Waals surface area contributed by atoms with Gasteiger partial charge < -0.3 is 4.90 Å². The van der Waals surface area contributed by atoms with Gasteiger partial charge in [-0.2, -0.15) is 17.0 Å². The average Bonchev–Trinajstić information content (AvgIpc) is 2.38. The first-order valence-corrected chi connectivity index (χ1v) is 7.18. The SMILES string of the molecule is CSC1CCN(c2nccc(C)c2C#N)CC1. The Morgan fingerprint density at radius 2 is 2.18 bits per heavy atom. The lowest BCUT2D eigenvalue weighted by Gasteiger charge is -2.32. The first-order chi connectivity index (χ1) is 8.26. The summed E-state index contributed by atoms with van der Waals surface area (Å²) in [6.45, 7) is 3.99. The molecule has 1 fully saturated rings. The molecular formula is C13H17N3S. The van der Waals surface area contributed by atoms with Crippen molar-refractivity contribution in [1.82, 2.24) is 4.98 Å². The highest BCUT2D eigenvalue weighted by atomic mass is 32.2. The van der Waals surface area contributed by atoms with Gasteiger partial charge in [0.05, 0.1) is 5.56 Å². The molecule has 17 heavy (non-hydrogen) atoms. The monoisotopic (exact) mass is 247 g/mol. The van der Waals surface area contributed by atoms with Crippen LogP contribution in [0.25, 0.3) is 0 Å². The van der Waals surface area contributed by atoms with Crippen LogP contribution in [0, 0.1) is 18.3 Å². The highest BCUT2D eigenvalue weighted by Gasteiger charge is 2.21. The summed E-state index contributed by atoms with van der Waals surface area (Å²) in [7, 11) is 0. The molecular weight excluding hydrogens is 230 g/mol. The van der Waals surface area contributed by atoms with E-state index in [9.17, 15) is 5.26 Å². The first kappa shape index (κ1) is 12.3. The van der Waals surface area contributed by atoms with Crippen LogP contribution in [0.4, 0.5) is 5.82 Å². The second-order valence-corrected chi connectivity index (χ2v) is 5.50. The average molecular weight is 247 g/mol. The van der Waals surface area contributed by atoms with Crippen molar-refractivity contribution in [2.75, 3.05) is 24.2 Å². The van der Waals surface area contributed by atoms with Gasteiger partial charge in [-0.05, 0) is 37.7 Å². The third-order valence-electron chi connectivity index (χ3n) is 3.33. The number of nitrogens with zero attached hydrogens (tertiary/aromatic N) is 3. The van der Waals surface area contributed by atoms with Crippen LogP contribution in [0.2, 0.25) is 0 Å². The molecule has 0 spiro atoms. The first-order valence-electron chi connectivity index (χ1n) is 5.89. The summed E-state index contributed by atoms with van der Waals surface area (Å²) in [4.78, 5) is 6.63. The van der Waals surface area contributed by atoms with Crippen molar-refractivity contribution in [1.29, 1.82) is 5.26 Å². The van der Waals surface area contributed by atoms with E-state index in [-0.39, 0.29) is 0 Å². The zero-order valence-electron chi connectivity index (χ0n) is 10.3. The van der Waals surface area contributed by atoms with Crippen molar-refractivity contribution >= 4 is 17.6 Å². The molecule has 0 bridgehead atoms. The molecule has 0 N–H and O–H groups in total. The molecule has 1 aromatic rings. The maximum Gasteiger partial charge on any atom is 0.146 e. The van der Waals surface area contributed by atoms with Gasteiger partial charge in [-0.3, -0.25) is 0 Å². The number of hydrogen-bond donors (Lipinski definition) is 0. The van der Waals surface area contributed by atoms with Crippen molar-refractivity contribution in [3.05, 3.63) is 23.4 Å². The summed E-state index contributed by atoms with van der Waals surface area (Å²) in [5, 5.41) is 9.97. The minimum atomic E-state index is 0.732. The lowest BCUT2D eigenvalue weighted by Crippen LogP contribution is -2.35. The van der Waals surface area contributed by atoms with Gasteiger partial charge in [0.1, 0.15) is 11.9 Å². The summed E-state index contributed by atoms with van der Waals surface area (Å²) < 4.78 is 0. The number of pyridine rings is 1. The molecule has 1 aromatic heterocycles. The van der Waals surface area contributed by atoms with Gasteiger partial charge in [0, 0.05) is 24.5 Å². The summed E-state index contributed by atoms with van der Waals surface area (Å²) in [6, 6.07) is 4.18. The Morgan fingerprint density at radius 3 is 2.76 bits per heavy atom. The molecule has 3 nitrogen and oxygen atoms in total. The predicted molar refractivity (Wildman–Crippen MR) is 72.4 cm³/mol. The zero-order valence-corrected chi connectivity index (χ0v) is 11.1. The summed E-state index contributed by atoms with van der Waals surface area (Å²) in [5.41, 5.74) is 1.75. The third-order valence-corrected chi connectivity index (χ3v) is 4.46. The van der Waals surface area contributed by atoms with E-state index in [0.717, 1.165) is 35.3 Å². The van der Waals surface area contributed by atoms with Gasteiger partial charge in [0.2, 0.25) is 0 Å². The van der Waals surface area contributed by atoms with E-state index >= 15 is 0 Å². The highest BCUT2D eigenvalue weighted by Crippen LogP contribution is 2.27. The van der Waals surface area contributed by atoms with Gasteiger partial charge in [-0.25, -0.2) is 4.98 Å². The molecule has 90 valence electrons. The number of anilines is 1. The molecule has 0 atom stereocenters. The Kier molecular flexibility index (Phi) is 3.90. The molecule has 0 radical (unpaired) electrons. The normalized spacial score (nSPS) is 16.9. The Balaban J connectivity index is 2.19. The van der Waals surface area contributed by atoms with Crippen molar-refractivity contribution in [2.24, 2.45) is 0 Å². The van der Waals surface area contributed by atoms with E-state index in [4.69, 9.17) is 0 Å². The number of hydrogen-bond acceptors (Lipinski definition) is 4. The second-order valence-electron chi connectivity index (χ2n) is 4.36. The highest BCUT2D eigenvalue weighted by molar-refractivity contribution is 7.99. The number of piperidine rings is 1. The topological polar surface area (TPSA) is 39.9 Å². The van der Waals surface area contributed by atoms with Crippen LogP contribution in [-0.2, 0) is 0 Å². The molecule has 0 aliphatic carbocycles. The lowest BCUT2D eigenvalue weighted by atomic mass is 10.1. The molecule has 2 rings (SSSR count). The number of thioether (sulfide) groups is 1. The summed E-state index contributed by atoms with van der Waals surface area (Å²) in [6.07, 6.45) is 6.33. The standard InChI is InChI=1S/C13H17N3S/c1-10-3-6-15-13(12(10)9-14)16-7-4-11(17-2)5-8-16/h3,6,11H,4-5,7-8H2,1-2H3. The third kappa shape index (κ3) is 2.55. The van der Waals surface area contributed by atoms with E-state index in [1.165, 1.54) is 12.8 Å². The maximum atomic E-state index is 9.21. The molecule has 0 saturated carbocycles. The fourth-order valence-corrected chi connectivity index (χ4v) is 2.91. The Hall–Kier alpha value is -1.21. The largest absolute Gasteiger partial charge is 0.355 e. The van der Waals surface area contributed by atoms with Crippen LogP contribution >= 0.6 is 11.8 Å². The Labute approximate surface area is 107 Å². The number of aryl methyl sites for hydroxylation is 1. The molecule has 0 unspecified atom stereocenters. The number of rotatable bonds is 2. The van der Waals surface area contributed by atoms with E-state index < -0.39 is 0 Å².